The van der Waals surface area contributed by atoms with Crippen LogP contribution in [0.4, 0.5) is 0 Å². The Hall–Kier alpha value is -1.06. The highest BCUT2D eigenvalue weighted by Crippen LogP contribution is 2.47. The molecule has 2 saturated carbocycles. The van der Waals surface area contributed by atoms with Crippen LogP contribution in [0.2, 0.25) is 0 Å². The highest BCUT2D eigenvalue weighted by atomic mass is 35.5. The fourth-order valence-corrected chi connectivity index (χ4v) is 3.86. The minimum absolute atomic E-state index is 0. The van der Waals surface area contributed by atoms with E-state index in [1.54, 1.807) is 0 Å². The Morgan fingerprint density at radius 3 is 2.50 bits per heavy atom. The molecule has 2 bridgehead atoms. The van der Waals surface area contributed by atoms with Crippen molar-refractivity contribution in [1.29, 1.82) is 0 Å². The van der Waals surface area contributed by atoms with Gasteiger partial charge in [0.2, 0.25) is 5.91 Å². The minimum atomic E-state index is 0. The van der Waals surface area contributed by atoms with Crippen LogP contribution in [0.1, 0.15) is 37.8 Å². The predicted octanol–water partition coefficient (Wildman–Crippen LogP) is 2.66. The van der Waals surface area contributed by atoms with E-state index >= 15 is 0 Å². The molecule has 110 valence electrons. The molecule has 4 heteroatoms. The lowest BCUT2D eigenvalue weighted by atomic mass is 9.84. The SMILES string of the molecule is CC(NC(=O)C1C2CCC(C2)C1N)c1ccccc1.Cl. The first-order valence-electron chi connectivity index (χ1n) is 7.27. The summed E-state index contributed by atoms with van der Waals surface area (Å²) in [6.45, 7) is 2.03. The Kier molecular flexibility index (Phi) is 4.71. The number of fused-ring (bicyclic) bond motifs is 2. The van der Waals surface area contributed by atoms with E-state index in [0.29, 0.717) is 11.8 Å². The minimum Gasteiger partial charge on any atom is -0.349 e. The topological polar surface area (TPSA) is 55.1 Å². The molecule has 0 radical (unpaired) electrons. The maximum atomic E-state index is 12.4. The van der Waals surface area contributed by atoms with Crippen molar-refractivity contribution in [2.75, 3.05) is 0 Å². The van der Waals surface area contributed by atoms with Crippen LogP contribution in [0.3, 0.4) is 0 Å². The number of benzene rings is 1. The number of carbonyl (C=O) groups excluding carboxylic acids is 1. The van der Waals surface area contributed by atoms with Gasteiger partial charge in [-0.15, -0.1) is 12.4 Å². The lowest BCUT2D eigenvalue weighted by Crippen LogP contribution is -2.45. The van der Waals surface area contributed by atoms with Gasteiger partial charge in [-0.2, -0.15) is 0 Å². The summed E-state index contributed by atoms with van der Waals surface area (Å²) in [5.74, 6) is 1.27. The maximum absolute atomic E-state index is 12.4. The van der Waals surface area contributed by atoms with Gasteiger partial charge >= 0.3 is 0 Å². The molecule has 20 heavy (non-hydrogen) atoms. The van der Waals surface area contributed by atoms with E-state index in [9.17, 15) is 4.79 Å². The van der Waals surface area contributed by atoms with Gasteiger partial charge < -0.3 is 11.1 Å². The third kappa shape index (κ3) is 2.70. The Labute approximate surface area is 126 Å². The lowest BCUT2D eigenvalue weighted by molar-refractivity contribution is -0.127. The summed E-state index contributed by atoms with van der Waals surface area (Å²) < 4.78 is 0. The Morgan fingerprint density at radius 1 is 1.25 bits per heavy atom. The second-order valence-electron chi connectivity index (χ2n) is 6.08. The molecular formula is C16H23ClN2O. The van der Waals surface area contributed by atoms with Gasteiger partial charge in [0.1, 0.15) is 0 Å². The van der Waals surface area contributed by atoms with Crippen molar-refractivity contribution in [2.45, 2.75) is 38.3 Å². The maximum Gasteiger partial charge on any atom is 0.225 e. The zero-order chi connectivity index (χ0) is 13.4. The zero-order valence-electron chi connectivity index (χ0n) is 11.8. The first-order chi connectivity index (χ1) is 9.16. The lowest BCUT2D eigenvalue weighted by Gasteiger charge is -2.28. The predicted molar refractivity (Wildman–Crippen MR) is 82.5 cm³/mol. The van der Waals surface area contributed by atoms with Gasteiger partial charge in [0.05, 0.1) is 12.0 Å². The molecule has 3 rings (SSSR count). The van der Waals surface area contributed by atoms with Crippen LogP contribution in [0.15, 0.2) is 30.3 Å². The largest absolute Gasteiger partial charge is 0.349 e. The second kappa shape index (κ2) is 6.15. The van der Waals surface area contributed by atoms with Crippen LogP contribution < -0.4 is 11.1 Å². The number of halogens is 1. The summed E-state index contributed by atoms with van der Waals surface area (Å²) in [5.41, 5.74) is 7.36. The van der Waals surface area contributed by atoms with E-state index in [2.05, 4.69) is 5.32 Å². The van der Waals surface area contributed by atoms with Crippen LogP contribution in [0.5, 0.6) is 0 Å². The number of amides is 1. The summed E-state index contributed by atoms with van der Waals surface area (Å²) in [6.07, 6.45) is 3.54. The summed E-state index contributed by atoms with van der Waals surface area (Å²) >= 11 is 0. The molecule has 2 fully saturated rings. The van der Waals surface area contributed by atoms with Crippen molar-refractivity contribution in [3.63, 3.8) is 0 Å². The van der Waals surface area contributed by atoms with Crippen LogP contribution in [0, 0.1) is 17.8 Å². The molecule has 1 aromatic rings. The van der Waals surface area contributed by atoms with Gasteiger partial charge in [-0.3, -0.25) is 4.79 Å². The fourth-order valence-electron chi connectivity index (χ4n) is 3.86. The van der Waals surface area contributed by atoms with E-state index < -0.39 is 0 Å². The molecule has 5 atom stereocenters. The van der Waals surface area contributed by atoms with Crippen molar-refractivity contribution in [1.82, 2.24) is 5.32 Å². The number of nitrogens with one attached hydrogen (secondary N) is 1. The average Bonchev–Trinajstić information content (AvgIpc) is 3.00. The molecule has 0 aliphatic heterocycles. The van der Waals surface area contributed by atoms with Gasteiger partial charge in [0.15, 0.2) is 0 Å². The number of nitrogens with two attached hydrogens (primary N) is 1. The second-order valence-corrected chi connectivity index (χ2v) is 6.08. The molecule has 1 aromatic carbocycles. The van der Waals surface area contributed by atoms with Gasteiger partial charge in [-0.1, -0.05) is 30.3 Å². The van der Waals surface area contributed by atoms with E-state index in [4.69, 9.17) is 5.73 Å². The number of rotatable bonds is 3. The van der Waals surface area contributed by atoms with Crippen LogP contribution in [-0.2, 0) is 4.79 Å². The average molecular weight is 295 g/mol. The molecule has 2 aliphatic carbocycles. The third-order valence-corrected chi connectivity index (χ3v) is 4.94. The van der Waals surface area contributed by atoms with E-state index in [1.165, 1.54) is 12.8 Å². The van der Waals surface area contributed by atoms with Crippen molar-refractivity contribution in [3.05, 3.63) is 35.9 Å². The molecule has 2 aliphatic rings. The molecule has 0 saturated heterocycles. The third-order valence-electron chi connectivity index (χ3n) is 4.94. The van der Waals surface area contributed by atoms with Gasteiger partial charge in [-0.05, 0) is 43.6 Å². The first kappa shape index (κ1) is 15.3. The van der Waals surface area contributed by atoms with Crippen LogP contribution in [-0.4, -0.2) is 11.9 Å². The van der Waals surface area contributed by atoms with Gasteiger partial charge in [-0.25, -0.2) is 0 Å². The van der Waals surface area contributed by atoms with E-state index in [1.807, 2.05) is 37.3 Å². The molecule has 3 nitrogen and oxygen atoms in total. The quantitative estimate of drug-likeness (QED) is 0.900. The van der Waals surface area contributed by atoms with E-state index in [0.717, 1.165) is 12.0 Å². The molecule has 3 N–H and O–H groups in total. The molecule has 0 aromatic heterocycles. The van der Waals surface area contributed by atoms with Gasteiger partial charge in [0.25, 0.3) is 0 Å². The molecule has 1 amide bonds. The number of hydrogen-bond acceptors (Lipinski definition) is 2. The number of hydrogen-bond donors (Lipinski definition) is 2. The summed E-state index contributed by atoms with van der Waals surface area (Å²) in [4.78, 5) is 12.4. The Balaban J connectivity index is 0.00000147. The highest BCUT2D eigenvalue weighted by Gasteiger charge is 2.49. The van der Waals surface area contributed by atoms with Gasteiger partial charge in [0, 0.05) is 6.04 Å². The summed E-state index contributed by atoms with van der Waals surface area (Å²) in [6, 6.07) is 10.2. The monoisotopic (exact) mass is 294 g/mol. The first-order valence-corrected chi connectivity index (χ1v) is 7.27. The molecule has 0 spiro atoms. The smallest absolute Gasteiger partial charge is 0.225 e. The van der Waals surface area contributed by atoms with Crippen molar-refractivity contribution >= 4 is 18.3 Å². The summed E-state index contributed by atoms with van der Waals surface area (Å²) in [5, 5.41) is 3.13. The normalized spacial score (nSPS) is 32.5. The van der Waals surface area contributed by atoms with Crippen molar-refractivity contribution < 1.29 is 4.79 Å². The van der Waals surface area contributed by atoms with Crippen molar-refractivity contribution in [3.8, 4) is 0 Å². The zero-order valence-corrected chi connectivity index (χ0v) is 12.6. The van der Waals surface area contributed by atoms with Crippen LogP contribution in [0.25, 0.3) is 0 Å². The number of carbonyl (C=O) groups is 1. The van der Waals surface area contributed by atoms with Crippen LogP contribution >= 0.6 is 12.4 Å². The Bertz CT molecular complexity index is 463. The highest BCUT2D eigenvalue weighted by molar-refractivity contribution is 5.85. The molecule has 5 unspecified atom stereocenters. The molecular weight excluding hydrogens is 272 g/mol. The standard InChI is InChI=1S/C16H22N2O.ClH/c1-10(11-5-3-2-4-6-11)18-16(19)14-12-7-8-13(9-12)15(14)17;/h2-6,10,12-15H,7-9,17H2,1H3,(H,18,19);1H. The molecule has 0 heterocycles. The Morgan fingerprint density at radius 2 is 1.90 bits per heavy atom. The van der Waals surface area contributed by atoms with Crippen molar-refractivity contribution in [2.24, 2.45) is 23.5 Å². The summed E-state index contributed by atoms with van der Waals surface area (Å²) in [7, 11) is 0. The van der Waals surface area contributed by atoms with E-state index in [-0.39, 0.29) is 36.3 Å². The fraction of sp³-hybridized carbons (Fsp3) is 0.562.